The van der Waals surface area contributed by atoms with Crippen LogP contribution in [0.3, 0.4) is 0 Å². The fraction of sp³-hybridized carbons (Fsp3) is 0.318. The summed E-state index contributed by atoms with van der Waals surface area (Å²) < 4.78 is 5.47. The molecule has 2 rings (SSSR count). The second kappa shape index (κ2) is 12.5. The molecule has 0 aliphatic rings. The van der Waals surface area contributed by atoms with Crippen molar-refractivity contribution in [1.82, 2.24) is 10.4 Å². The lowest BCUT2D eigenvalue weighted by Gasteiger charge is -2.24. The summed E-state index contributed by atoms with van der Waals surface area (Å²) in [7, 11) is 0. The fourth-order valence-electron chi connectivity index (χ4n) is 2.74. The standard InChI is InChI=1S/C22H26ClN3O6/c1-2-26(31)22(30)21(25-19(27)14-15-5-3-6-16(23)13-15)24-17-8-10-18(11-9-17)32-12-4-7-20(28)29/h3,5-6,8-11,13,21,24,31H,2,4,7,12,14H2,1H3,(H,25,27)(H,28,29). The topological polar surface area (TPSA) is 128 Å². The van der Waals surface area contributed by atoms with Crippen molar-refractivity contribution in [2.75, 3.05) is 18.5 Å². The summed E-state index contributed by atoms with van der Waals surface area (Å²) in [4.78, 5) is 35.5. The Morgan fingerprint density at radius 2 is 1.88 bits per heavy atom. The molecule has 2 aromatic rings. The van der Waals surface area contributed by atoms with Gasteiger partial charge >= 0.3 is 5.97 Å². The first-order chi connectivity index (χ1) is 15.3. The van der Waals surface area contributed by atoms with E-state index in [-0.39, 0.29) is 26.0 Å². The molecule has 32 heavy (non-hydrogen) atoms. The Kier molecular flexibility index (Phi) is 9.77. The normalized spacial score (nSPS) is 11.3. The van der Waals surface area contributed by atoms with Crippen LogP contribution in [0.15, 0.2) is 48.5 Å². The number of amides is 2. The van der Waals surface area contributed by atoms with E-state index in [9.17, 15) is 19.6 Å². The third-order valence-electron chi connectivity index (χ3n) is 4.33. The van der Waals surface area contributed by atoms with Crippen LogP contribution >= 0.6 is 11.6 Å². The van der Waals surface area contributed by atoms with Gasteiger partial charge in [0.15, 0.2) is 6.17 Å². The lowest BCUT2D eigenvalue weighted by Crippen LogP contribution is -2.52. The number of hydroxylamine groups is 2. The van der Waals surface area contributed by atoms with E-state index in [1.807, 2.05) is 0 Å². The number of nitrogens with one attached hydrogen (secondary N) is 2. The molecule has 10 heteroatoms. The van der Waals surface area contributed by atoms with Gasteiger partial charge in [0.1, 0.15) is 5.75 Å². The molecule has 0 saturated carbocycles. The third-order valence-corrected chi connectivity index (χ3v) is 4.56. The highest BCUT2D eigenvalue weighted by molar-refractivity contribution is 6.30. The highest BCUT2D eigenvalue weighted by atomic mass is 35.5. The first-order valence-corrected chi connectivity index (χ1v) is 10.4. The summed E-state index contributed by atoms with van der Waals surface area (Å²) in [5.74, 6) is -1.50. The number of aliphatic carboxylic acids is 1. The molecule has 172 valence electrons. The first-order valence-electron chi connectivity index (χ1n) is 10.0. The number of hydrogen-bond acceptors (Lipinski definition) is 6. The van der Waals surface area contributed by atoms with Gasteiger partial charge in [-0.1, -0.05) is 23.7 Å². The zero-order valence-corrected chi connectivity index (χ0v) is 18.3. The number of halogens is 1. The molecule has 0 aliphatic carbocycles. The smallest absolute Gasteiger partial charge is 0.303 e. The molecule has 2 amide bonds. The van der Waals surface area contributed by atoms with Gasteiger partial charge in [0.2, 0.25) is 5.91 Å². The van der Waals surface area contributed by atoms with Gasteiger partial charge in [-0.05, 0) is 55.3 Å². The molecule has 0 aromatic heterocycles. The number of ether oxygens (including phenoxy) is 1. The lowest BCUT2D eigenvalue weighted by molar-refractivity contribution is -0.166. The SMILES string of the molecule is CCN(O)C(=O)C(NC(=O)Cc1cccc(Cl)c1)Nc1ccc(OCCCC(=O)O)cc1. The van der Waals surface area contributed by atoms with Crippen molar-refractivity contribution in [2.45, 2.75) is 32.4 Å². The Morgan fingerprint density at radius 3 is 2.50 bits per heavy atom. The highest BCUT2D eigenvalue weighted by Crippen LogP contribution is 2.17. The van der Waals surface area contributed by atoms with Gasteiger partial charge in [0.25, 0.3) is 5.91 Å². The molecule has 0 heterocycles. The van der Waals surface area contributed by atoms with Crippen LogP contribution < -0.4 is 15.4 Å². The molecule has 0 radical (unpaired) electrons. The number of rotatable bonds is 12. The van der Waals surface area contributed by atoms with Crippen LogP contribution in [0.2, 0.25) is 5.02 Å². The molecule has 0 bridgehead atoms. The Bertz CT molecular complexity index is 922. The van der Waals surface area contributed by atoms with Crippen LogP contribution in [0.4, 0.5) is 5.69 Å². The summed E-state index contributed by atoms with van der Waals surface area (Å²) >= 11 is 5.94. The van der Waals surface area contributed by atoms with Crippen LogP contribution in [0.5, 0.6) is 5.75 Å². The van der Waals surface area contributed by atoms with Crippen LogP contribution in [0.1, 0.15) is 25.3 Å². The fourth-order valence-corrected chi connectivity index (χ4v) is 2.95. The van der Waals surface area contributed by atoms with Gasteiger partial charge < -0.3 is 20.5 Å². The molecular formula is C22H26ClN3O6. The Balaban J connectivity index is 2.01. The van der Waals surface area contributed by atoms with E-state index in [1.54, 1.807) is 55.5 Å². The van der Waals surface area contributed by atoms with Crippen molar-refractivity contribution in [3.8, 4) is 5.75 Å². The molecule has 4 N–H and O–H groups in total. The number of carboxylic acid groups (broad SMARTS) is 1. The molecule has 2 aromatic carbocycles. The van der Waals surface area contributed by atoms with Crippen molar-refractivity contribution in [3.05, 3.63) is 59.1 Å². The Morgan fingerprint density at radius 1 is 1.16 bits per heavy atom. The highest BCUT2D eigenvalue weighted by Gasteiger charge is 2.24. The average Bonchev–Trinajstić information content (AvgIpc) is 2.76. The molecule has 0 saturated heterocycles. The summed E-state index contributed by atoms with van der Waals surface area (Å²) in [6, 6.07) is 13.4. The van der Waals surface area contributed by atoms with E-state index in [2.05, 4.69) is 10.6 Å². The van der Waals surface area contributed by atoms with E-state index < -0.39 is 23.9 Å². The van der Waals surface area contributed by atoms with Gasteiger partial charge in [0.05, 0.1) is 13.0 Å². The monoisotopic (exact) mass is 463 g/mol. The largest absolute Gasteiger partial charge is 0.494 e. The summed E-state index contributed by atoms with van der Waals surface area (Å²) in [5.41, 5.74) is 1.19. The average molecular weight is 464 g/mol. The maximum Gasteiger partial charge on any atom is 0.303 e. The Labute approximate surface area is 190 Å². The molecule has 0 fully saturated rings. The van der Waals surface area contributed by atoms with Crippen molar-refractivity contribution >= 4 is 35.1 Å². The number of benzene rings is 2. The number of carbonyl (C=O) groups is 3. The molecule has 0 spiro atoms. The van der Waals surface area contributed by atoms with Crippen LogP contribution in [0, 0.1) is 0 Å². The summed E-state index contributed by atoms with van der Waals surface area (Å²) in [6.07, 6.45) is -0.789. The van der Waals surface area contributed by atoms with Gasteiger partial charge in [-0.15, -0.1) is 0 Å². The molecular weight excluding hydrogens is 438 g/mol. The maximum absolute atomic E-state index is 12.5. The second-order valence-electron chi connectivity index (χ2n) is 6.88. The predicted octanol–water partition coefficient (Wildman–Crippen LogP) is 2.92. The zero-order chi connectivity index (χ0) is 23.5. The van der Waals surface area contributed by atoms with Crippen LogP contribution in [0.25, 0.3) is 0 Å². The third kappa shape index (κ3) is 8.44. The first kappa shape index (κ1) is 25.0. The van der Waals surface area contributed by atoms with Gasteiger partial charge in [0, 0.05) is 23.7 Å². The molecule has 9 nitrogen and oxygen atoms in total. The number of hydrogen-bond donors (Lipinski definition) is 4. The van der Waals surface area contributed by atoms with Gasteiger partial charge in [-0.3, -0.25) is 19.6 Å². The summed E-state index contributed by atoms with van der Waals surface area (Å²) in [6.45, 7) is 1.90. The number of carbonyl (C=O) groups excluding carboxylic acids is 2. The van der Waals surface area contributed by atoms with Crippen molar-refractivity contribution in [1.29, 1.82) is 0 Å². The van der Waals surface area contributed by atoms with E-state index in [1.165, 1.54) is 0 Å². The van der Waals surface area contributed by atoms with E-state index >= 15 is 0 Å². The van der Waals surface area contributed by atoms with Crippen LogP contribution in [-0.2, 0) is 20.8 Å². The van der Waals surface area contributed by atoms with Crippen molar-refractivity contribution < 1.29 is 29.4 Å². The van der Waals surface area contributed by atoms with E-state index in [0.717, 1.165) is 0 Å². The summed E-state index contributed by atoms with van der Waals surface area (Å²) in [5, 5.41) is 25.0. The Hall–Kier alpha value is -3.30. The maximum atomic E-state index is 12.5. The number of anilines is 1. The second-order valence-corrected chi connectivity index (χ2v) is 7.31. The minimum atomic E-state index is -1.20. The van der Waals surface area contributed by atoms with E-state index in [0.29, 0.717) is 33.5 Å². The van der Waals surface area contributed by atoms with Crippen LogP contribution in [-0.4, -0.2) is 52.5 Å². The zero-order valence-electron chi connectivity index (χ0n) is 17.6. The number of nitrogens with zero attached hydrogens (tertiary/aromatic N) is 1. The minimum absolute atomic E-state index is 0.00664. The predicted molar refractivity (Wildman–Crippen MR) is 119 cm³/mol. The van der Waals surface area contributed by atoms with Crippen molar-refractivity contribution in [3.63, 3.8) is 0 Å². The molecule has 0 aliphatic heterocycles. The van der Waals surface area contributed by atoms with E-state index in [4.69, 9.17) is 21.4 Å². The molecule has 1 unspecified atom stereocenters. The molecule has 1 atom stereocenters. The van der Waals surface area contributed by atoms with Gasteiger partial charge in [-0.2, -0.15) is 0 Å². The number of carboxylic acids is 1. The lowest BCUT2D eigenvalue weighted by atomic mass is 10.1. The minimum Gasteiger partial charge on any atom is -0.494 e. The van der Waals surface area contributed by atoms with Gasteiger partial charge in [-0.25, -0.2) is 5.06 Å². The number of likely N-dealkylation sites (N-methyl/N-ethyl adjacent to an activating group) is 1. The van der Waals surface area contributed by atoms with Crippen molar-refractivity contribution in [2.24, 2.45) is 0 Å². The quantitative estimate of drug-likeness (QED) is 0.165.